The number of rotatable bonds is 6. The van der Waals surface area contributed by atoms with E-state index in [0.717, 1.165) is 60.8 Å². The van der Waals surface area contributed by atoms with Crippen molar-refractivity contribution in [1.82, 2.24) is 9.55 Å². The van der Waals surface area contributed by atoms with Crippen molar-refractivity contribution < 1.29 is 0 Å². The van der Waals surface area contributed by atoms with Crippen molar-refractivity contribution in [3.05, 3.63) is 45.7 Å². The van der Waals surface area contributed by atoms with Crippen molar-refractivity contribution in [3.63, 3.8) is 0 Å². The fourth-order valence-corrected chi connectivity index (χ4v) is 6.40. The highest BCUT2D eigenvalue weighted by Crippen LogP contribution is 2.48. The van der Waals surface area contributed by atoms with Crippen molar-refractivity contribution in [2.24, 2.45) is 5.92 Å². The molecule has 4 rings (SSSR count). The van der Waals surface area contributed by atoms with Gasteiger partial charge in [0.25, 0.3) is 5.56 Å². The molecule has 0 bridgehead atoms. The average molecular weight is 411 g/mol. The van der Waals surface area contributed by atoms with E-state index in [4.69, 9.17) is 4.98 Å². The number of aromatic nitrogens is 2. The Labute approximate surface area is 179 Å². The second-order valence-corrected chi connectivity index (χ2v) is 10.3. The standard InChI is InChI=1S/C25H34N2OS/c1-4-15-27-23(28)21-22(26-24(27)29-16-12-18(2)3)20-11-7-6-10-19(20)17-25(21)13-8-5-9-14-25/h6-7,10-11,18H,4-5,8-9,12-17H2,1-3H3. The van der Waals surface area contributed by atoms with Gasteiger partial charge in [0.05, 0.1) is 11.3 Å². The maximum atomic E-state index is 13.9. The van der Waals surface area contributed by atoms with Gasteiger partial charge in [0.15, 0.2) is 5.16 Å². The zero-order chi connectivity index (χ0) is 20.4. The van der Waals surface area contributed by atoms with E-state index in [1.54, 1.807) is 11.8 Å². The zero-order valence-electron chi connectivity index (χ0n) is 18.2. The Bertz CT molecular complexity index is 925. The highest BCUT2D eigenvalue weighted by atomic mass is 32.2. The molecule has 0 N–H and O–H groups in total. The van der Waals surface area contributed by atoms with Crippen molar-refractivity contribution in [1.29, 1.82) is 0 Å². The van der Waals surface area contributed by atoms with Gasteiger partial charge in [0.2, 0.25) is 0 Å². The van der Waals surface area contributed by atoms with Crippen molar-refractivity contribution in [3.8, 4) is 11.3 Å². The maximum Gasteiger partial charge on any atom is 0.258 e. The van der Waals surface area contributed by atoms with E-state index < -0.39 is 0 Å². The van der Waals surface area contributed by atoms with Crippen LogP contribution in [0, 0.1) is 5.92 Å². The van der Waals surface area contributed by atoms with E-state index in [-0.39, 0.29) is 11.0 Å². The summed E-state index contributed by atoms with van der Waals surface area (Å²) in [5.74, 6) is 1.68. The normalized spacial score (nSPS) is 17.4. The second-order valence-electron chi connectivity index (χ2n) is 9.28. The lowest BCUT2D eigenvalue weighted by Crippen LogP contribution is -2.43. The summed E-state index contributed by atoms with van der Waals surface area (Å²) < 4.78 is 1.99. The lowest BCUT2D eigenvalue weighted by Gasteiger charge is -2.42. The summed E-state index contributed by atoms with van der Waals surface area (Å²) in [7, 11) is 0. The summed E-state index contributed by atoms with van der Waals surface area (Å²) >= 11 is 1.76. The molecule has 1 aromatic carbocycles. The van der Waals surface area contributed by atoms with Crippen LogP contribution in [0.25, 0.3) is 11.3 Å². The molecule has 29 heavy (non-hydrogen) atoms. The SMILES string of the molecule is CCCn1c(SCCC(C)C)nc2c(c1=O)C1(CCCCC1)Cc1ccccc1-2. The zero-order valence-corrected chi connectivity index (χ0v) is 19.0. The molecule has 1 spiro atoms. The molecule has 0 aliphatic heterocycles. The highest BCUT2D eigenvalue weighted by molar-refractivity contribution is 7.99. The maximum absolute atomic E-state index is 13.9. The molecule has 0 atom stereocenters. The van der Waals surface area contributed by atoms with Gasteiger partial charge in [-0.25, -0.2) is 4.98 Å². The number of hydrogen-bond donors (Lipinski definition) is 0. The van der Waals surface area contributed by atoms with E-state index >= 15 is 0 Å². The Morgan fingerprint density at radius 3 is 2.66 bits per heavy atom. The second kappa shape index (κ2) is 8.67. The Hall–Kier alpha value is -1.55. The molecule has 1 heterocycles. The summed E-state index contributed by atoms with van der Waals surface area (Å²) in [4.78, 5) is 19.1. The quantitative estimate of drug-likeness (QED) is 0.419. The van der Waals surface area contributed by atoms with Gasteiger partial charge in [-0.3, -0.25) is 9.36 Å². The third-order valence-corrected chi connectivity index (χ3v) is 7.66. The summed E-state index contributed by atoms with van der Waals surface area (Å²) in [6.45, 7) is 7.42. The van der Waals surface area contributed by atoms with Crippen LogP contribution >= 0.6 is 11.8 Å². The fraction of sp³-hybridized carbons (Fsp3) is 0.600. The first-order chi connectivity index (χ1) is 14.1. The molecule has 3 nitrogen and oxygen atoms in total. The molecule has 1 saturated carbocycles. The van der Waals surface area contributed by atoms with Crippen molar-refractivity contribution in [2.75, 3.05) is 5.75 Å². The van der Waals surface area contributed by atoms with Gasteiger partial charge in [-0.2, -0.15) is 0 Å². The summed E-state index contributed by atoms with van der Waals surface area (Å²) in [5, 5.41) is 0.916. The molecule has 1 fully saturated rings. The van der Waals surface area contributed by atoms with Crippen molar-refractivity contribution >= 4 is 11.8 Å². The first kappa shape index (κ1) is 20.7. The van der Waals surface area contributed by atoms with Gasteiger partial charge in [-0.15, -0.1) is 0 Å². The third kappa shape index (κ3) is 3.93. The Kier molecular flexibility index (Phi) is 6.19. The van der Waals surface area contributed by atoms with Crippen molar-refractivity contribution in [2.45, 2.75) is 89.3 Å². The smallest absolute Gasteiger partial charge is 0.258 e. The lowest BCUT2D eigenvalue weighted by molar-refractivity contribution is 0.282. The fourth-order valence-electron chi connectivity index (χ4n) is 5.14. The van der Waals surface area contributed by atoms with Crippen LogP contribution in [0.2, 0.25) is 0 Å². The van der Waals surface area contributed by atoms with Crippen LogP contribution in [0.15, 0.2) is 34.2 Å². The Balaban J connectivity index is 1.89. The summed E-state index contributed by atoms with van der Waals surface area (Å²) in [5.41, 5.74) is 4.80. The largest absolute Gasteiger partial charge is 0.287 e. The van der Waals surface area contributed by atoms with Crippen LogP contribution in [0.4, 0.5) is 0 Å². The van der Waals surface area contributed by atoms with E-state index in [2.05, 4.69) is 45.0 Å². The highest BCUT2D eigenvalue weighted by Gasteiger charge is 2.43. The van der Waals surface area contributed by atoms with Gasteiger partial charge in [-0.05, 0) is 43.6 Å². The number of hydrogen-bond acceptors (Lipinski definition) is 3. The molecule has 2 aliphatic carbocycles. The van der Waals surface area contributed by atoms with Crippen LogP contribution in [0.1, 0.15) is 76.8 Å². The molecule has 2 aliphatic rings. The molecule has 4 heteroatoms. The van der Waals surface area contributed by atoms with E-state index in [1.165, 1.54) is 30.4 Å². The predicted octanol–water partition coefficient (Wildman–Crippen LogP) is 6.22. The van der Waals surface area contributed by atoms with Crippen LogP contribution in [0.3, 0.4) is 0 Å². The monoisotopic (exact) mass is 410 g/mol. The van der Waals surface area contributed by atoms with Crippen LogP contribution < -0.4 is 5.56 Å². The molecule has 0 radical (unpaired) electrons. The Morgan fingerprint density at radius 1 is 1.17 bits per heavy atom. The number of benzene rings is 1. The minimum atomic E-state index is -0.0113. The minimum absolute atomic E-state index is 0.0113. The first-order valence-corrected chi connectivity index (χ1v) is 12.4. The van der Waals surface area contributed by atoms with E-state index in [9.17, 15) is 4.79 Å². The molecule has 156 valence electrons. The van der Waals surface area contributed by atoms with Crippen LogP contribution in [0.5, 0.6) is 0 Å². The average Bonchev–Trinajstić information content (AvgIpc) is 2.71. The summed E-state index contributed by atoms with van der Waals surface area (Å²) in [6, 6.07) is 8.64. The van der Waals surface area contributed by atoms with Gasteiger partial charge >= 0.3 is 0 Å². The molecular formula is C25H34N2OS. The van der Waals surface area contributed by atoms with Gasteiger partial charge in [0, 0.05) is 23.3 Å². The van der Waals surface area contributed by atoms with Crippen LogP contribution in [-0.4, -0.2) is 15.3 Å². The van der Waals surface area contributed by atoms with Crippen LogP contribution in [-0.2, 0) is 18.4 Å². The number of fused-ring (bicyclic) bond motifs is 4. The minimum Gasteiger partial charge on any atom is -0.287 e. The number of nitrogens with zero attached hydrogens (tertiary/aromatic N) is 2. The first-order valence-electron chi connectivity index (χ1n) is 11.4. The van der Waals surface area contributed by atoms with Gasteiger partial charge < -0.3 is 0 Å². The van der Waals surface area contributed by atoms with E-state index in [0.29, 0.717) is 5.92 Å². The van der Waals surface area contributed by atoms with Gasteiger partial charge in [-0.1, -0.05) is 76.1 Å². The molecule has 0 amide bonds. The lowest BCUT2D eigenvalue weighted by atomic mass is 9.62. The van der Waals surface area contributed by atoms with Gasteiger partial charge in [0.1, 0.15) is 0 Å². The Morgan fingerprint density at radius 2 is 1.93 bits per heavy atom. The van der Waals surface area contributed by atoms with E-state index in [1.807, 2.05) is 4.57 Å². The topological polar surface area (TPSA) is 34.9 Å². The molecule has 0 saturated heterocycles. The summed E-state index contributed by atoms with van der Waals surface area (Å²) in [6.07, 6.45) is 9.08. The molecule has 1 aromatic heterocycles. The molecule has 2 aromatic rings. The molecule has 0 unspecified atom stereocenters. The third-order valence-electron chi connectivity index (χ3n) is 6.65. The predicted molar refractivity (Wildman–Crippen MR) is 123 cm³/mol. The number of thioether (sulfide) groups is 1. The molecular weight excluding hydrogens is 376 g/mol.